The van der Waals surface area contributed by atoms with Crippen LogP contribution in [0, 0.1) is 0 Å². The molecule has 106 valence electrons. The van der Waals surface area contributed by atoms with Crippen LogP contribution in [0.15, 0.2) is 65.7 Å². The Balaban J connectivity index is 1.61. The van der Waals surface area contributed by atoms with Gasteiger partial charge in [-0.25, -0.2) is 0 Å². The van der Waals surface area contributed by atoms with E-state index in [1.807, 2.05) is 30.5 Å². The van der Waals surface area contributed by atoms with E-state index in [0.717, 1.165) is 28.9 Å². The summed E-state index contributed by atoms with van der Waals surface area (Å²) in [7, 11) is 0. The van der Waals surface area contributed by atoms with Crippen LogP contribution >= 0.6 is 0 Å². The minimum Gasteiger partial charge on any atom is -0.460 e. The predicted octanol–water partition coefficient (Wildman–Crippen LogP) is 4.30. The van der Waals surface area contributed by atoms with Gasteiger partial charge in [0, 0.05) is 17.5 Å². The van der Waals surface area contributed by atoms with Gasteiger partial charge in [-0.3, -0.25) is 4.99 Å². The number of fused-ring (bicyclic) bond motifs is 4. The minimum atomic E-state index is -0.556. The number of nitrogens with zero attached hydrogens (tertiary/aromatic N) is 1. The van der Waals surface area contributed by atoms with E-state index in [1.54, 1.807) is 0 Å². The van der Waals surface area contributed by atoms with Crippen molar-refractivity contribution in [1.29, 1.82) is 0 Å². The smallest absolute Gasteiger partial charge is 0.221 e. The van der Waals surface area contributed by atoms with Crippen molar-refractivity contribution in [3.8, 4) is 5.75 Å². The van der Waals surface area contributed by atoms with Gasteiger partial charge in [0.2, 0.25) is 5.72 Å². The van der Waals surface area contributed by atoms with Gasteiger partial charge in [0.05, 0.1) is 6.21 Å². The first kappa shape index (κ1) is 11.8. The molecular formula is C19H14N2O. The van der Waals surface area contributed by atoms with Crippen LogP contribution < -0.4 is 10.1 Å². The molecule has 22 heavy (non-hydrogen) atoms. The number of ether oxygens (including phenoxy) is 1. The second-order valence-electron chi connectivity index (χ2n) is 5.84. The zero-order chi connectivity index (χ0) is 14.6. The first-order valence-electron chi connectivity index (χ1n) is 7.45. The van der Waals surface area contributed by atoms with E-state index in [-0.39, 0.29) is 0 Å². The molecule has 0 amide bonds. The van der Waals surface area contributed by atoms with Gasteiger partial charge in [-0.2, -0.15) is 0 Å². The van der Waals surface area contributed by atoms with Crippen molar-refractivity contribution in [2.24, 2.45) is 4.99 Å². The average molecular weight is 286 g/mol. The van der Waals surface area contributed by atoms with Gasteiger partial charge < -0.3 is 10.1 Å². The fourth-order valence-corrected chi connectivity index (χ4v) is 3.33. The second-order valence-corrected chi connectivity index (χ2v) is 5.84. The Kier molecular flexibility index (Phi) is 2.20. The zero-order valence-electron chi connectivity index (χ0n) is 11.9. The van der Waals surface area contributed by atoms with Gasteiger partial charge >= 0.3 is 0 Å². The summed E-state index contributed by atoms with van der Waals surface area (Å²) in [5.41, 5.74) is 2.75. The molecule has 2 aliphatic heterocycles. The van der Waals surface area contributed by atoms with E-state index in [0.29, 0.717) is 0 Å². The lowest BCUT2D eigenvalue weighted by Crippen LogP contribution is -2.45. The summed E-state index contributed by atoms with van der Waals surface area (Å²) in [5, 5.41) is 5.77. The number of aliphatic imine (C=N–C) groups is 1. The highest BCUT2D eigenvalue weighted by Crippen LogP contribution is 2.43. The predicted molar refractivity (Wildman–Crippen MR) is 89.2 cm³/mol. The number of hydrogen-bond acceptors (Lipinski definition) is 3. The standard InChI is InChI=1S/C19H14N2O/c1-3-7-15-13(5-1)9-10-17-18(15)20-12-19(22-17)11-14-6-2-4-8-16(14)21-19/h1-10,12,21H,11H2. The lowest BCUT2D eigenvalue weighted by molar-refractivity contribution is 0.181. The molecule has 0 bridgehead atoms. The first-order valence-corrected chi connectivity index (χ1v) is 7.45. The molecular weight excluding hydrogens is 272 g/mol. The molecule has 3 aromatic rings. The molecule has 3 aromatic carbocycles. The monoisotopic (exact) mass is 286 g/mol. The fourth-order valence-electron chi connectivity index (χ4n) is 3.33. The summed E-state index contributed by atoms with van der Waals surface area (Å²) in [4.78, 5) is 4.73. The maximum absolute atomic E-state index is 6.31. The van der Waals surface area contributed by atoms with Crippen LogP contribution in [0.25, 0.3) is 10.8 Å². The number of rotatable bonds is 0. The lowest BCUT2D eigenvalue weighted by Gasteiger charge is -2.31. The number of anilines is 1. The summed E-state index contributed by atoms with van der Waals surface area (Å²) in [6, 6.07) is 20.7. The summed E-state index contributed by atoms with van der Waals surface area (Å²) in [5.74, 6) is 0.835. The molecule has 0 radical (unpaired) electrons. The van der Waals surface area contributed by atoms with Crippen LogP contribution in [0.2, 0.25) is 0 Å². The minimum absolute atomic E-state index is 0.556. The van der Waals surface area contributed by atoms with E-state index in [2.05, 4.69) is 41.7 Å². The quantitative estimate of drug-likeness (QED) is 0.668. The van der Waals surface area contributed by atoms with Crippen molar-refractivity contribution in [1.82, 2.24) is 0 Å². The molecule has 2 aliphatic rings. The molecule has 0 aliphatic carbocycles. The van der Waals surface area contributed by atoms with Gasteiger partial charge in [0.25, 0.3) is 0 Å². The highest BCUT2D eigenvalue weighted by Gasteiger charge is 2.40. The van der Waals surface area contributed by atoms with Crippen LogP contribution in [0.4, 0.5) is 11.4 Å². The topological polar surface area (TPSA) is 33.6 Å². The lowest BCUT2D eigenvalue weighted by atomic mass is 10.0. The van der Waals surface area contributed by atoms with Gasteiger partial charge in [-0.1, -0.05) is 48.5 Å². The van der Waals surface area contributed by atoms with Crippen LogP contribution in [0.3, 0.4) is 0 Å². The van der Waals surface area contributed by atoms with E-state index in [9.17, 15) is 0 Å². The Morgan fingerprint density at radius 2 is 1.82 bits per heavy atom. The molecule has 1 unspecified atom stereocenters. The van der Waals surface area contributed by atoms with Gasteiger partial charge in [-0.05, 0) is 23.1 Å². The molecule has 3 nitrogen and oxygen atoms in total. The Morgan fingerprint density at radius 1 is 0.955 bits per heavy atom. The number of para-hydroxylation sites is 1. The molecule has 0 aromatic heterocycles. The van der Waals surface area contributed by atoms with Crippen LogP contribution in [-0.4, -0.2) is 11.9 Å². The highest BCUT2D eigenvalue weighted by atomic mass is 16.5. The first-order chi connectivity index (χ1) is 10.8. The van der Waals surface area contributed by atoms with Gasteiger partial charge in [0.15, 0.2) is 0 Å². The summed E-state index contributed by atoms with van der Waals surface area (Å²) in [6.07, 6.45) is 2.70. The van der Waals surface area contributed by atoms with Crippen molar-refractivity contribution < 1.29 is 4.74 Å². The third-order valence-electron chi connectivity index (χ3n) is 4.37. The Labute approximate surface area is 128 Å². The van der Waals surface area contributed by atoms with Crippen molar-refractivity contribution in [3.05, 3.63) is 66.2 Å². The largest absolute Gasteiger partial charge is 0.460 e. The molecule has 1 N–H and O–H groups in total. The molecule has 0 fully saturated rings. The summed E-state index contributed by atoms with van der Waals surface area (Å²) in [6.45, 7) is 0. The van der Waals surface area contributed by atoms with Crippen molar-refractivity contribution in [3.63, 3.8) is 0 Å². The maximum Gasteiger partial charge on any atom is 0.221 e. The SMILES string of the molecule is C1=Nc2c(ccc3ccccc23)OC12Cc1ccccc1N2. The Bertz CT molecular complexity index is 905. The molecule has 0 saturated heterocycles. The Hall–Kier alpha value is -2.81. The summed E-state index contributed by atoms with van der Waals surface area (Å²) >= 11 is 0. The van der Waals surface area contributed by atoms with Crippen LogP contribution in [0.5, 0.6) is 5.75 Å². The van der Waals surface area contributed by atoms with Gasteiger partial charge in [0.1, 0.15) is 11.4 Å². The van der Waals surface area contributed by atoms with E-state index in [1.165, 1.54) is 10.9 Å². The third kappa shape index (κ3) is 1.59. The van der Waals surface area contributed by atoms with Crippen molar-refractivity contribution in [2.75, 3.05) is 5.32 Å². The molecule has 2 heterocycles. The average Bonchev–Trinajstić information content (AvgIpc) is 2.91. The third-order valence-corrected chi connectivity index (χ3v) is 4.37. The Morgan fingerprint density at radius 3 is 2.77 bits per heavy atom. The maximum atomic E-state index is 6.31. The normalized spacial score (nSPS) is 21.3. The summed E-state index contributed by atoms with van der Waals surface area (Å²) < 4.78 is 6.31. The molecule has 0 saturated carbocycles. The van der Waals surface area contributed by atoms with E-state index < -0.39 is 5.72 Å². The molecule has 5 rings (SSSR count). The number of nitrogens with one attached hydrogen (secondary N) is 1. The van der Waals surface area contributed by atoms with E-state index in [4.69, 9.17) is 9.73 Å². The van der Waals surface area contributed by atoms with Crippen LogP contribution in [0.1, 0.15) is 5.56 Å². The van der Waals surface area contributed by atoms with Crippen molar-refractivity contribution >= 4 is 28.4 Å². The van der Waals surface area contributed by atoms with E-state index >= 15 is 0 Å². The number of benzene rings is 3. The zero-order valence-corrected chi connectivity index (χ0v) is 11.9. The van der Waals surface area contributed by atoms with Crippen molar-refractivity contribution in [2.45, 2.75) is 12.1 Å². The van der Waals surface area contributed by atoms with Crippen LogP contribution in [-0.2, 0) is 6.42 Å². The molecule has 1 atom stereocenters. The number of hydrogen-bond donors (Lipinski definition) is 1. The second kappa shape index (κ2) is 4.10. The fraction of sp³-hybridized carbons (Fsp3) is 0.105. The highest BCUT2D eigenvalue weighted by molar-refractivity contribution is 5.99. The molecule has 3 heteroatoms. The van der Waals surface area contributed by atoms with Gasteiger partial charge in [-0.15, -0.1) is 0 Å². The molecule has 1 spiro atoms.